The molecule has 0 aliphatic rings. The van der Waals surface area contributed by atoms with Gasteiger partial charge in [0.05, 0.1) is 6.61 Å². The van der Waals surface area contributed by atoms with E-state index in [0.717, 1.165) is 5.56 Å². The summed E-state index contributed by atoms with van der Waals surface area (Å²) in [7, 11) is 0. The highest BCUT2D eigenvalue weighted by atomic mass is 16.5. The van der Waals surface area contributed by atoms with E-state index in [1.807, 2.05) is 0 Å². The van der Waals surface area contributed by atoms with Crippen LogP contribution in [0.15, 0.2) is 36.4 Å². The molecule has 0 heterocycles. The van der Waals surface area contributed by atoms with Crippen LogP contribution in [-0.4, -0.2) is 22.9 Å². The second-order valence-electron chi connectivity index (χ2n) is 3.48. The highest BCUT2D eigenvalue weighted by Crippen LogP contribution is 2.13. The van der Waals surface area contributed by atoms with Crippen LogP contribution in [0, 0.1) is 0 Å². The maximum atomic E-state index is 9.42. The molecular formula is C12H16O3. The van der Waals surface area contributed by atoms with Gasteiger partial charge >= 0.3 is 0 Å². The van der Waals surface area contributed by atoms with Crippen LogP contribution in [0.5, 0.6) is 5.75 Å². The van der Waals surface area contributed by atoms with Crippen LogP contribution in [0.3, 0.4) is 0 Å². The normalized spacial score (nSPS) is 12.2. The molecule has 0 aliphatic carbocycles. The summed E-state index contributed by atoms with van der Waals surface area (Å²) >= 11 is 0. The van der Waals surface area contributed by atoms with Gasteiger partial charge in [0.15, 0.2) is 0 Å². The number of hydrogen-bond acceptors (Lipinski definition) is 3. The van der Waals surface area contributed by atoms with Gasteiger partial charge in [0.1, 0.15) is 18.5 Å². The maximum Gasteiger partial charge on any atom is 0.119 e. The van der Waals surface area contributed by atoms with E-state index in [4.69, 9.17) is 9.84 Å². The number of hydrogen-bond donors (Lipinski definition) is 2. The predicted octanol–water partition coefficient (Wildman–Crippen LogP) is 1.49. The monoisotopic (exact) mass is 208 g/mol. The molecule has 15 heavy (non-hydrogen) atoms. The van der Waals surface area contributed by atoms with Crippen LogP contribution < -0.4 is 4.74 Å². The molecule has 0 saturated carbocycles. The van der Waals surface area contributed by atoms with E-state index in [1.54, 1.807) is 31.2 Å². The third kappa shape index (κ3) is 3.73. The van der Waals surface area contributed by atoms with Crippen LogP contribution in [-0.2, 0) is 6.61 Å². The quantitative estimate of drug-likeness (QED) is 0.721. The van der Waals surface area contributed by atoms with Crippen molar-refractivity contribution in [2.24, 2.45) is 0 Å². The summed E-state index contributed by atoms with van der Waals surface area (Å²) in [6.07, 6.45) is -0.637. The maximum absolute atomic E-state index is 9.42. The molecule has 1 rings (SSSR count). The zero-order valence-corrected chi connectivity index (χ0v) is 8.81. The van der Waals surface area contributed by atoms with Crippen molar-refractivity contribution in [2.45, 2.75) is 19.6 Å². The highest BCUT2D eigenvalue weighted by molar-refractivity contribution is 5.26. The Hall–Kier alpha value is -1.32. The molecule has 0 aromatic heterocycles. The molecule has 0 fully saturated rings. The van der Waals surface area contributed by atoms with Crippen LogP contribution in [0.1, 0.15) is 12.5 Å². The lowest BCUT2D eigenvalue weighted by molar-refractivity contribution is 0.136. The van der Waals surface area contributed by atoms with E-state index in [0.29, 0.717) is 11.3 Å². The van der Waals surface area contributed by atoms with Crippen molar-refractivity contribution in [3.63, 3.8) is 0 Å². The lowest BCUT2D eigenvalue weighted by Crippen LogP contribution is -2.17. The van der Waals surface area contributed by atoms with E-state index < -0.39 is 6.10 Å². The third-order valence-corrected chi connectivity index (χ3v) is 2.08. The Morgan fingerprint density at radius 3 is 2.47 bits per heavy atom. The predicted molar refractivity (Wildman–Crippen MR) is 58.7 cm³/mol. The van der Waals surface area contributed by atoms with Gasteiger partial charge in [0.25, 0.3) is 0 Å². The van der Waals surface area contributed by atoms with Crippen molar-refractivity contribution in [2.75, 3.05) is 6.61 Å². The number of aliphatic hydroxyl groups excluding tert-OH is 2. The molecule has 0 amide bonds. The average molecular weight is 208 g/mol. The highest BCUT2D eigenvalue weighted by Gasteiger charge is 2.04. The van der Waals surface area contributed by atoms with E-state index >= 15 is 0 Å². The molecule has 0 bridgehead atoms. The minimum absolute atomic E-state index is 0.0225. The molecule has 0 spiro atoms. The van der Waals surface area contributed by atoms with E-state index in [-0.39, 0.29) is 13.2 Å². The summed E-state index contributed by atoms with van der Waals surface area (Å²) in [6.45, 7) is 5.61. The molecule has 82 valence electrons. The Morgan fingerprint density at radius 2 is 2.00 bits per heavy atom. The number of ether oxygens (including phenoxy) is 1. The largest absolute Gasteiger partial charge is 0.491 e. The van der Waals surface area contributed by atoms with Gasteiger partial charge in [-0.15, -0.1) is 0 Å². The fourth-order valence-corrected chi connectivity index (χ4v) is 1.01. The van der Waals surface area contributed by atoms with Crippen molar-refractivity contribution in [1.29, 1.82) is 0 Å². The summed E-state index contributed by atoms with van der Waals surface area (Å²) < 4.78 is 5.34. The third-order valence-electron chi connectivity index (χ3n) is 2.08. The molecule has 2 N–H and O–H groups in total. The standard InChI is InChI=1S/C12H16O3/c1-9(2)12(14)8-15-11-5-3-10(7-13)4-6-11/h3-6,12-14H,1,7-8H2,2H3/t12-/m1/s1. The molecule has 1 aromatic carbocycles. The fourth-order valence-electron chi connectivity index (χ4n) is 1.01. The number of aliphatic hydroxyl groups is 2. The summed E-state index contributed by atoms with van der Waals surface area (Å²) in [4.78, 5) is 0. The lowest BCUT2D eigenvalue weighted by Gasteiger charge is -2.12. The smallest absolute Gasteiger partial charge is 0.119 e. The first-order valence-electron chi connectivity index (χ1n) is 4.79. The average Bonchev–Trinajstić information content (AvgIpc) is 2.26. The van der Waals surface area contributed by atoms with Crippen LogP contribution >= 0.6 is 0 Å². The minimum atomic E-state index is -0.637. The van der Waals surface area contributed by atoms with Crippen molar-refractivity contribution in [3.05, 3.63) is 42.0 Å². The Kier molecular flexibility index (Phi) is 4.34. The van der Waals surface area contributed by atoms with Crippen molar-refractivity contribution in [3.8, 4) is 5.75 Å². The molecule has 0 saturated heterocycles. The van der Waals surface area contributed by atoms with E-state index in [2.05, 4.69) is 6.58 Å². The van der Waals surface area contributed by atoms with Gasteiger partial charge < -0.3 is 14.9 Å². The van der Waals surface area contributed by atoms with Gasteiger partial charge in [-0.1, -0.05) is 18.7 Å². The first kappa shape index (κ1) is 11.8. The Bertz CT molecular complexity index is 316. The van der Waals surface area contributed by atoms with Crippen molar-refractivity contribution in [1.82, 2.24) is 0 Å². The molecule has 0 radical (unpaired) electrons. The molecule has 3 heteroatoms. The van der Waals surface area contributed by atoms with Crippen LogP contribution in [0.25, 0.3) is 0 Å². The second kappa shape index (κ2) is 5.53. The van der Waals surface area contributed by atoms with Gasteiger partial charge in [-0.2, -0.15) is 0 Å². The molecule has 3 nitrogen and oxygen atoms in total. The topological polar surface area (TPSA) is 49.7 Å². The fraction of sp³-hybridized carbons (Fsp3) is 0.333. The van der Waals surface area contributed by atoms with Gasteiger partial charge in [-0.3, -0.25) is 0 Å². The molecule has 0 unspecified atom stereocenters. The van der Waals surface area contributed by atoms with E-state index in [9.17, 15) is 5.11 Å². The zero-order chi connectivity index (χ0) is 11.3. The van der Waals surface area contributed by atoms with Gasteiger partial charge in [0.2, 0.25) is 0 Å². The molecule has 0 aliphatic heterocycles. The SMILES string of the molecule is C=C(C)[C@H](O)COc1ccc(CO)cc1. The number of benzene rings is 1. The Labute approximate surface area is 89.6 Å². The van der Waals surface area contributed by atoms with Crippen molar-refractivity contribution < 1.29 is 14.9 Å². The van der Waals surface area contributed by atoms with Crippen LogP contribution in [0.4, 0.5) is 0 Å². The summed E-state index contributed by atoms with van der Waals surface area (Å²) in [6, 6.07) is 7.08. The van der Waals surface area contributed by atoms with E-state index in [1.165, 1.54) is 0 Å². The number of rotatable bonds is 5. The van der Waals surface area contributed by atoms with Crippen molar-refractivity contribution >= 4 is 0 Å². The summed E-state index contributed by atoms with van der Waals surface area (Å²) in [5, 5.41) is 18.3. The summed E-state index contributed by atoms with van der Waals surface area (Å²) in [5.41, 5.74) is 1.52. The molecular weight excluding hydrogens is 192 g/mol. The lowest BCUT2D eigenvalue weighted by atomic mass is 10.2. The second-order valence-corrected chi connectivity index (χ2v) is 3.48. The minimum Gasteiger partial charge on any atom is -0.491 e. The van der Waals surface area contributed by atoms with Crippen LogP contribution in [0.2, 0.25) is 0 Å². The molecule has 1 aromatic rings. The first-order chi connectivity index (χ1) is 7.13. The molecule has 1 atom stereocenters. The zero-order valence-electron chi connectivity index (χ0n) is 8.81. The van der Waals surface area contributed by atoms with Gasteiger partial charge in [-0.25, -0.2) is 0 Å². The first-order valence-corrected chi connectivity index (χ1v) is 4.79. The van der Waals surface area contributed by atoms with Gasteiger partial charge in [0, 0.05) is 0 Å². The Balaban J connectivity index is 2.47. The van der Waals surface area contributed by atoms with Gasteiger partial charge in [-0.05, 0) is 30.2 Å². The summed E-state index contributed by atoms with van der Waals surface area (Å²) in [5.74, 6) is 0.674. The Morgan fingerprint density at radius 1 is 1.40 bits per heavy atom.